The second-order valence-corrected chi connectivity index (χ2v) is 8.33. The summed E-state index contributed by atoms with van der Waals surface area (Å²) in [6.07, 6.45) is 0.372. The first-order valence-electron chi connectivity index (χ1n) is 9.64. The fourth-order valence-electron chi connectivity index (χ4n) is 3.52. The van der Waals surface area contributed by atoms with E-state index in [9.17, 15) is 14.4 Å². The van der Waals surface area contributed by atoms with Crippen LogP contribution in [0.1, 0.15) is 18.9 Å². The lowest BCUT2D eigenvalue weighted by atomic mass is 9.87. The summed E-state index contributed by atoms with van der Waals surface area (Å²) in [5, 5.41) is 8.25. The summed E-state index contributed by atoms with van der Waals surface area (Å²) in [6.45, 7) is 1.43. The fraction of sp³-hybridized carbons (Fsp3) is 0.182. The molecule has 0 radical (unpaired) electrons. The maximum absolute atomic E-state index is 13.1. The summed E-state index contributed by atoms with van der Waals surface area (Å²) < 4.78 is 0. The molecule has 4 amide bonds. The zero-order valence-electron chi connectivity index (χ0n) is 16.6. The Labute approximate surface area is 188 Å². The maximum atomic E-state index is 13.1. The molecular weight excluding hydrogens is 436 g/mol. The third-order valence-electron chi connectivity index (χ3n) is 5.16. The molecule has 4 rings (SSSR count). The first kappa shape index (κ1) is 21.0. The first-order valence-corrected chi connectivity index (χ1v) is 10.9. The van der Waals surface area contributed by atoms with E-state index in [1.165, 1.54) is 11.3 Å². The molecule has 0 aliphatic carbocycles. The molecule has 7 nitrogen and oxygen atoms in total. The summed E-state index contributed by atoms with van der Waals surface area (Å²) in [5.74, 6) is -0.942. The number of halogens is 1. The van der Waals surface area contributed by atoms with Crippen LogP contribution in [0.5, 0.6) is 0 Å². The molecule has 1 unspecified atom stereocenters. The van der Waals surface area contributed by atoms with Crippen molar-refractivity contribution in [2.75, 3.05) is 11.9 Å². The molecule has 3 aromatic rings. The van der Waals surface area contributed by atoms with Crippen molar-refractivity contribution in [3.8, 4) is 11.3 Å². The standard InChI is InChI=1S/C22H19ClN4O3S/c1-2-22(15-6-4-3-5-7-15)19(29)27(21(30)26-22)12-18(28)25-20-24-17(13-31-20)14-8-10-16(23)11-9-14/h3-11,13H,2,12H2,1H3,(H,26,30)(H,24,25,28). The minimum absolute atomic E-state index is 0.372. The van der Waals surface area contributed by atoms with E-state index in [4.69, 9.17) is 11.6 Å². The van der Waals surface area contributed by atoms with Gasteiger partial charge in [0, 0.05) is 16.0 Å². The topological polar surface area (TPSA) is 91.4 Å². The average molecular weight is 455 g/mol. The van der Waals surface area contributed by atoms with Crippen LogP contribution in [-0.2, 0) is 15.1 Å². The van der Waals surface area contributed by atoms with Crippen LogP contribution < -0.4 is 10.6 Å². The van der Waals surface area contributed by atoms with E-state index in [2.05, 4.69) is 15.6 Å². The molecule has 158 valence electrons. The average Bonchev–Trinajstić information content (AvgIpc) is 3.33. The minimum atomic E-state index is -1.17. The van der Waals surface area contributed by atoms with Crippen LogP contribution in [0.4, 0.5) is 9.93 Å². The van der Waals surface area contributed by atoms with Crippen LogP contribution in [0.3, 0.4) is 0 Å². The highest BCUT2D eigenvalue weighted by atomic mass is 35.5. The van der Waals surface area contributed by atoms with Gasteiger partial charge in [-0.3, -0.25) is 14.5 Å². The Balaban J connectivity index is 1.46. The first-order chi connectivity index (χ1) is 14.9. The Morgan fingerprint density at radius 2 is 1.87 bits per heavy atom. The van der Waals surface area contributed by atoms with Crippen molar-refractivity contribution in [1.29, 1.82) is 0 Å². The fourth-order valence-corrected chi connectivity index (χ4v) is 4.38. The van der Waals surface area contributed by atoms with Crippen molar-refractivity contribution in [3.05, 3.63) is 70.6 Å². The number of hydrogen-bond acceptors (Lipinski definition) is 5. The molecule has 1 aromatic heterocycles. The summed E-state index contributed by atoms with van der Waals surface area (Å²) in [4.78, 5) is 43.5. The molecule has 2 N–H and O–H groups in total. The Morgan fingerprint density at radius 3 is 2.55 bits per heavy atom. The lowest BCUT2D eigenvalue weighted by Gasteiger charge is -2.25. The molecule has 2 aromatic carbocycles. The van der Waals surface area contributed by atoms with Gasteiger partial charge in [0.15, 0.2) is 5.13 Å². The molecular formula is C22H19ClN4O3S. The van der Waals surface area contributed by atoms with E-state index in [-0.39, 0.29) is 0 Å². The van der Waals surface area contributed by atoms with E-state index in [1.54, 1.807) is 24.3 Å². The van der Waals surface area contributed by atoms with Crippen molar-refractivity contribution >= 4 is 45.9 Å². The van der Waals surface area contributed by atoms with Gasteiger partial charge in [-0.1, -0.05) is 61.0 Å². The van der Waals surface area contributed by atoms with Crippen molar-refractivity contribution < 1.29 is 14.4 Å². The quantitative estimate of drug-likeness (QED) is 0.544. The summed E-state index contributed by atoms with van der Waals surface area (Å²) >= 11 is 7.17. The van der Waals surface area contributed by atoms with Crippen molar-refractivity contribution in [2.24, 2.45) is 0 Å². The zero-order valence-corrected chi connectivity index (χ0v) is 18.2. The number of nitrogens with zero attached hydrogens (tertiary/aromatic N) is 2. The number of amides is 4. The van der Waals surface area contributed by atoms with Crippen molar-refractivity contribution in [2.45, 2.75) is 18.9 Å². The van der Waals surface area contributed by atoms with Gasteiger partial charge in [-0.25, -0.2) is 9.78 Å². The second kappa shape index (κ2) is 8.49. The Bertz CT molecular complexity index is 1130. The number of nitrogens with one attached hydrogen (secondary N) is 2. The number of hydrogen-bond donors (Lipinski definition) is 2. The number of thiazole rings is 1. The number of carbonyl (C=O) groups excluding carboxylic acids is 3. The summed E-state index contributed by atoms with van der Waals surface area (Å²) in [7, 11) is 0. The Morgan fingerprint density at radius 1 is 1.16 bits per heavy atom. The van der Waals surface area contributed by atoms with E-state index in [0.717, 1.165) is 10.5 Å². The third kappa shape index (κ3) is 4.04. The molecule has 1 aliphatic heterocycles. The highest BCUT2D eigenvalue weighted by Gasteiger charge is 2.51. The smallest absolute Gasteiger partial charge is 0.319 e. The molecule has 1 fully saturated rings. The van der Waals surface area contributed by atoms with Gasteiger partial charge in [0.2, 0.25) is 5.91 Å². The van der Waals surface area contributed by atoms with E-state index in [1.807, 2.05) is 42.6 Å². The summed E-state index contributed by atoms with van der Waals surface area (Å²) in [5.41, 5.74) is 1.08. The largest absolute Gasteiger partial charge is 0.325 e. The molecule has 0 saturated carbocycles. The third-order valence-corrected chi connectivity index (χ3v) is 6.17. The molecule has 1 saturated heterocycles. The van der Waals surface area contributed by atoms with Crippen LogP contribution in [0.25, 0.3) is 11.3 Å². The molecule has 0 bridgehead atoms. The number of carbonyl (C=O) groups is 3. The Kier molecular flexibility index (Phi) is 5.75. The number of rotatable bonds is 6. The number of anilines is 1. The molecule has 9 heteroatoms. The predicted molar refractivity (Wildman–Crippen MR) is 120 cm³/mol. The van der Waals surface area contributed by atoms with E-state index >= 15 is 0 Å². The maximum Gasteiger partial charge on any atom is 0.325 e. The van der Waals surface area contributed by atoms with Crippen LogP contribution >= 0.6 is 22.9 Å². The molecule has 1 atom stereocenters. The van der Waals surface area contributed by atoms with Crippen LogP contribution in [0.15, 0.2) is 60.0 Å². The number of aromatic nitrogens is 1. The van der Waals surface area contributed by atoms with Gasteiger partial charge in [0.05, 0.1) is 5.69 Å². The van der Waals surface area contributed by atoms with Crippen LogP contribution in [-0.4, -0.2) is 34.3 Å². The summed E-state index contributed by atoms with van der Waals surface area (Å²) in [6, 6.07) is 15.6. The van der Waals surface area contributed by atoms with Gasteiger partial charge >= 0.3 is 6.03 Å². The predicted octanol–water partition coefficient (Wildman–Crippen LogP) is 4.26. The van der Waals surface area contributed by atoms with E-state index in [0.29, 0.717) is 27.8 Å². The minimum Gasteiger partial charge on any atom is -0.319 e. The van der Waals surface area contributed by atoms with Crippen LogP contribution in [0, 0.1) is 0 Å². The van der Waals surface area contributed by atoms with Gasteiger partial charge in [-0.15, -0.1) is 11.3 Å². The van der Waals surface area contributed by atoms with Crippen LogP contribution in [0.2, 0.25) is 5.02 Å². The zero-order chi connectivity index (χ0) is 22.0. The number of urea groups is 1. The monoisotopic (exact) mass is 454 g/mol. The molecule has 0 spiro atoms. The Hall–Kier alpha value is -3.23. The lowest BCUT2D eigenvalue weighted by Crippen LogP contribution is -2.44. The second-order valence-electron chi connectivity index (χ2n) is 7.04. The number of imide groups is 1. The van der Waals surface area contributed by atoms with Crippen molar-refractivity contribution in [3.63, 3.8) is 0 Å². The molecule has 31 heavy (non-hydrogen) atoms. The number of benzene rings is 2. The van der Waals surface area contributed by atoms with Crippen molar-refractivity contribution in [1.82, 2.24) is 15.2 Å². The van der Waals surface area contributed by atoms with Gasteiger partial charge in [-0.2, -0.15) is 0 Å². The van der Waals surface area contributed by atoms with Gasteiger partial charge in [-0.05, 0) is 24.1 Å². The van der Waals surface area contributed by atoms with E-state index < -0.39 is 29.9 Å². The normalized spacial score (nSPS) is 18.2. The molecule has 1 aliphatic rings. The lowest BCUT2D eigenvalue weighted by molar-refractivity contribution is -0.134. The van der Waals surface area contributed by atoms with Gasteiger partial charge in [0.25, 0.3) is 5.91 Å². The van der Waals surface area contributed by atoms with Gasteiger partial charge < -0.3 is 10.6 Å². The molecule has 2 heterocycles. The van der Waals surface area contributed by atoms with Gasteiger partial charge in [0.1, 0.15) is 12.1 Å². The highest BCUT2D eigenvalue weighted by molar-refractivity contribution is 7.14. The SMILES string of the molecule is CCC1(c2ccccc2)NC(=O)N(CC(=O)Nc2nc(-c3ccc(Cl)cc3)cs2)C1=O. The highest BCUT2D eigenvalue weighted by Crippen LogP contribution is 2.32.